The topological polar surface area (TPSA) is 69.6 Å². The molecule has 0 amide bonds. The lowest BCUT2D eigenvalue weighted by molar-refractivity contribution is 0.682. The fourth-order valence-electron chi connectivity index (χ4n) is 1.51. The maximum Gasteiger partial charge on any atom is 0.137 e. The summed E-state index contributed by atoms with van der Waals surface area (Å²) in [6.07, 6.45) is 3.20. The minimum absolute atomic E-state index is 0.652. The number of hydrogen-bond donors (Lipinski definition) is 1. The molecule has 6 heteroatoms. The third-order valence-corrected chi connectivity index (χ3v) is 3.22. The summed E-state index contributed by atoms with van der Waals surface area (Å²) in [4.78, 5) is 8.40. The van der Waals surface area contributed by atoms with E-state index >= 15 is 0 Å². The van der Waals surface area contributed by atoms with Crippen molar-refractivity contribution in [2.75, 3.05) is 5.73 Å². The van der Waals surface area contributed by atoms with E-state index in [0.717, 1.165) is 20.9 Å². The van der Waals surface area contributed by atoms with Crippen LogP contribution in [-0.2, 0) is 6.54 Å². The molecule has 80 valence electrons. The molecule has 0 fully saturated rings. The van der Waals surface area contributed by atoms with E-state index in [1.165, 1.54) is 6.33 Å². The molecule has 2 heterocycles. The molecule has 3 rings (SSSR count). The van der Waals surface area contributed by atoms with Crippen molar-refractivity contribution in [3.63, 3.8) is 0 Å². The molecule has 2 N–H and O–H groups in total. The van der Waals surface area contributed by atoms with Crippen molar-refractivity contribution in [2.45, 2.75) is 6.54 Å². The standard InChI is InChI=1S/C10H9N5S/c11-7-1-2-8-9(3-7)16-10(14-8)4-15-6-12-5-13-15/h1-3,5-6H,4,11H2. The lowest BCUT2D eigenvalue weighted by atomic mass is 10.3. The zero-order chi connectivity index (χ0) is 11.0. The van der Waals surface area contributed by atoms with Gasteiger partial charge in [-0.25, -0.2) is 14.6 Å². The number of aromatic nitrogens is 4. The normalized spacial score (nSPS) is 11.0. The molecule has 0 bridgehead atoms. The largest absolute Gasteiger partial charge is 0.399 e. The highest BCUT2D eigenvalue weighted by Gasteiger charge is 2.04. The SMILES string of the molecule is Nc1ccc2nc(Cn3cncn3)sc2c1. The van der Waals surface area contributed by atoms with Gasteiger partial charge in [-0.2, -0.15) is 5.10 Å². The minimum Gasteiger partial charge on any atom is -0.399 e. The molecule has 0 spiro atoms. The van der Waals surface area contributed by atoms with Crippen molar-refractivity contribution in [1.29, 1.82) is 0 Å². The van der Waals surface area contributed by atoms with E-state index in [2.05, 4.69) is 15.1 Å². The van der Waals surface area contributed by atoms with Gasteiger partial charge in [0.15, 0.2) is 0 Å². The van der Waals surface area contributed by atoms with E-state index in [1.54, 1.807) is 22.3 Å². The fourth-order valence-corrected chi connectivity index (χ4v) is 2.52. The maximum atomic E-state index is 5.72. The van der Waals surface area contributed by atoms with Crippen molar-refractivity contribution in [2.24, 2.45) is 0 Å². The van der Waals surface area contributed by atoms with Crippen molar-refractivity contribution < 1.29 is 0 Å². The Hall–Kier alpha value is -1.95. The number of rotatable bonds is 2. The number of nitrogens with zero attached hydrogens (tertiary/aromatic N) is 4. The smallest absolute Gasteiger partial charge is 0.137 e. The van der Waals surface area contributed by atoms with Gasteiger partial charge in [-0.15, -0.1) is 11.3 Å². The number of thiazole rings is 1. The van der Waals surface area contributed by atoms with E-state index in [-0.39, 0.29) is 0 Å². The predicted molar refractivity (Wildman–Crippen MR) is 63.2 cm³/mol. The van der Waals surface area contributed by atoms with Gasteiger partial charge in [0.25, 0.3) is 0 Å². The number of nitrogens with two attached hydrogens (primary N) is 1. The third-order valence-electron chi connectivity index (χ3n) is 2.22. The van der Waals surface area contributed by atoms with Crippen molar-refractivity contribution >= 4 is 27.2 Å². The summed E-state index contributed by atoms with van der Waals surface area (Å²) in [7, 11) is 0. The molecule has 0 saturated heterocycles. The number of benzene rings is 1. The van der Waals surface area contributed by atoms with Crippen LogP contribution in [-0.4, -0.2) is 19.7 Å². The second-order valence-electron chi connectivity index (χ2n) is 3.43. The fraction of sp³-hybridized carbons (Fsp3) is 0.100. The lowest BCUT2D eigenvalue weighted by Crippen LogP contribution is -1.98. The maximum absolute atomic E-state index is 5.72. The summed E-state index contributed by atoms with van der Waals surface area (Å²) in [6.45, 7) is 0.652. The van der Waals surface area contributed by atoms with Crippen LogP contribution in [0, 0.1) is 0 Å². The molecular formula is C10H9N5S. The van der Waals surface area contributed by atoms with Crippen LogP contribution in [0.2, 0.25) is 0 Å². The Morgan fingerprint density at radius 1 is 1.38 bits per heavy atom. The van der Waals surface area contributed by atoms with E-state index in [4.69, 9.17) is 5.73 Å². The Labute approximate surface area is 95.6 Å². The van der Waals surface area contributed by atoms with Crippen LogP contribution in [0.4, 0.5) is 5.69 Å². The third kappa shape index (κ3) is 1.63. The summed E-state index contributed by atoms with van der Waals surface area (Å²) in [6, 6.07) is 5.74. The molecule has 0 unspecified atom stereocenters. The van der Waals surface area contributed by atoms with Crippen LogP contribution < -0.4 is 5.73 Å². The van der Waals surface area contributed by atoms with Crippen molar-refractivity contribution in [3.8, 4) is 0 Å². The van der Waals surface area contributed by atoms with Gasteiger partial charge in [-0.1, -0.05) is 0 Å². The van der Waals surface area contributed by atoms with Gasteiger partial charge < -0.3 is 5.73 Å². The predicted octanol–water partition coefficient (Wildman–Crippen LogP) is 1.52. The molecule has 0 radical (unpaired) electrons. The van der Waals surface area contributed by atoms with Crippen LogP contribution in [0.1, 0.15) is 5.01 Å². The Balaban J connectivity index is 1.99. The molecule has 0 aliphatic heterocycles. The number of nitrogen functional groups attached to an aromatic ring is 1. The molecule has 16 heavy (non-hydrogen) atoms. The van der Waals surface area contributed by atoms with Crippen molar-refractivity contribution in [3.05, 3.63) is 35.9 Å². The number of hydrogen-bond acceptors (Lipinski definition) is 5. The van der Waals surface area contributed by atoms with Crippen LogP contribution in [0.25, 0.3) is 10.2 Å². The first-order chi connectivity index (χ1) is 7.81. The Bertz CT molecular complexity index is 613. The van der Waals surface area contributed by atoms with Gasteiger partial charge in [0.1, 0.15) is 17.7 Å². The highest BCUT2D eigenvalue weighted by molar-refractivity contribution is 7.18. The Morgan fingerprint density at radius 3 is 3.12 bits per heavy atom. The van der Waals surface area contributed by atoms with Crippen LogP contribution >= 0.6 is 11.3 Å². The van der Waals surface area contributed by atoms with E-state index in [0.29, 0.717) is 6.54 Å². The number of fused-ring (bicyclic) bond motifs is 1. The lowest BCUT2D eigenvalue weighted by Gasteiger charge is -1.93. The zero-order valence-corrected chi connectivity index (χ0v) is 9.18. The number of anilines is 1. The summed E-state index contributed by atoms with van der Waals surface area (Å²) < 4.78 is 2.86. The quantitative estimate of drug-likeness (QED) is 0.679. The van der Waals surface area contributed by atoms with Crippen LogP contribution in [0.3, 0.4) is 0 Å². The first-order valence-electron chi connectivity index (χ1n) is 4.78. The zero-order valence-electron chi connectivity index (χ0n) is 8.37. The highest BCUT2D eigenvalue weighted by atomic mass is 32.1. The molecular weight excluding hydrogens is 222 g/mol. The van der Waals surface area contributed by atoms with Gasteiger partial charge in [0.2, 0.25) is 0 Å². The molecule has 0 atom stereocenters. The first kappa shape index (κ1) is 9.29. The monoisotopic (exact) mass is 231 g/mol. The van der Waals surface area contributed by atoms with Gasteiger partial charge in [0.05, 0.1) is 16.8 Å². The Kier molecular flexibility index (Phi) is 2.07. The molecule has 3 aromatic rings. The Morgan fingerprint density at radius 2 is 2.31 bits per heavy atom. The minimum atomic E-state index is 0.652. The molecule has 0 aliphatic rings. The molecule has 0 saturated carbocycles. The van der Waals surface area contributed by atoms with Crippen LogP contribution in [0.15, 0.2) is 30.9 Å². The molecule has 0 aliphatic carbocycles. The second-order valence-corrected chi connectivity index (χ2v) is 4.54. The van der Waals surface area contributed by atoms with E-state index < -0.39 is 0 Å². The average Bonchev–Trinajstić information content (AvgIpc) is 2.86. The van der Waals surface area contributed by atoms with Gasteiger partial charge >= 0.3 is 0 Å². The van der Waals surface area contributed by atoms with Gasteiger partial charge in [0, 0.05) is 5.69 Å². The van der Waals surface area contributed by atoms with E-state index in [9.17, 15) is 0 Å². The van der Waals surface area contributed by atoms with Crippen molar-refractivity contribution in [1.82, 2.24) is 19.7 Å². The molecule has 5 nitrogen and oxygen atoms in total. The first-order valence-corrected chi connectivity index (χ1v) is 5.60. The second kappa shape index (κ2) is 3.57. The summed E-state index contributed by atoms with van der Waals surface area (Å²) in [5.74, 6) is 0. The summed E-state index contributed by atoms with van der Waals surface area (Å²) in [5.41, 5.74) is 7.47. The van der Waals surface area contributed by atoms with Gasteiger partial charge in [-0.3, -0.25) is 0 Å². The molecule has 2 aromatic heterocycles. The summed E-state index contributed by atoms with van der Waals surface area (Å²) in [5, 5.41) is 5.05. The summed E-state index contributed by atoms with van der Waals surface area (Å²) >= 11 is 1.63. The molecule has 1 aromatic carbocycles. The highest BCUT2D eigenvalue weighted by Crippen LogP contribution is 2.24. The average molecular weight is 231 g/mol. The van der Waals surface area contributed by atoms with E-state index in [1.807, 2.05) is 18.2 Å². The van der Waals surface area contributed by atoms with Crippen LogP contribution in [0.5, 0.6) is 0 Å². The van der Waals surface area contributed by atoms with Gasteiger partial charge in [-0.05, 0) is 18.2 Å².